The Morgan fingerprint density at radius 2 is 2.11 bits per heavy atom. The highest BCUT2D eigenvalue weighted by atomic mass is 15.1. The summed E-state index contributed by atoms with van der Waals surface area (Å²) >= 11 is 0. The van der Waals surface area contributed by atoms with E-state index in [2.05, 4.69) is 46.9 Å². The second kappa shape index (κ2) is 5.78. The minimum Gasteiger partial charge on any atom is -0.349 e. The van der Waals surface area contributed by atoms with Crippen LogP contribution in [0.4, 0.5) is 0 Å². The monoisotopic (exact) mass is 244 g/mol. The minimum atomic E-state index is 0.754. The molecule has 0 atom stereocenters. The highest BCUT2D eigenvalue weighted by Gasteiger charge is 2.07. The molecular weight excluding hydrogens is 224 g/mol. The molecule has 0 aliphatic heterocycles. The lowest BCUT2D eigenvalue weighted by Gasteiger charge is -2.07. The summed E-state index contributed by atoms with van der Waals surface area (Å²) in [7, 11) is 0. The normalized spacial score (nSPS) is 10.8. The zero-order chi connectivity index (χ0) is 13.0. The number of aryl methyl sites for hydroxylation is 1. The molecule has 96 valence electrons. The first-order chi connectivity index (χ1) is 8.72. The Morgan fingerprint density at radius 3 is 2.72 bits per heavy atom. The van der Waals surface area contributed by atoms with Crippen molar-refractivity contribution in [2.75, 3.05) is 0 Å². The lowest BCUT2D eigenvalue weighted by Crippen LogP contribution is -2.14. The summed E-state index contributed by atoms with van der Waals surface area (Å²) in [4.78, 5) is 0. The third-order valence-electron chi connectivity index (χ3n) is 3.24. The fraction of sp³-hybridized carbons (Fsp3) is 0.429. The molecule has 2 aromatic rings. The van der Waals surface area contributed by atoms with E-state index >= 15 is 0 Å². The van der Waals surface area contributed by atoms with Crippen molar-refractivity contribution in [3.63, 3.8) is 0 Å². The average Bonchev–Trinajstić information content (AvgIpc) is 2.65. The third-order valence-corrected chi connectivity index (χ3v) is 3.24. The maximum absolute atomic E-state index is 4.05. The van der Waals surface area contributed by atoms with E-state index in [0.717, 1.165) is 25.3 Å². The van der Waals surface area contributed by atoms with Gasteiger partial charge in [0, 0.05) is 37.2 Å². The molecule has 0 amide bonds. The fourth-order valence-corrected chi connectivity index (χ4v) is 2.29. The lowest BCUT2D eigenvalue weighted by molar-refractivity contribution is 0.659. The topological polar surface area (TPSA) is 42.7 Å². The molecule has 0 radical (unpaired) electrons. The summed E-state index contributed by atoms with van der Waals surface area (Å²) in [6.07, 6.45) is 1.69. The van der Waals surface area contributed by atoms with E-state index in [4.69, 9.17) is 0 Å². The molecule has 18 heavy (non-hydrogen) atoms. The third kappa shape index (κ3) is 2.76. The number of aromatic nitrogens is 3. The van der Waals surface area contributed by atoms with Crippen LogP contribution in [-0.4, -0.2) is 14.8 Å². The van der Waals surface area contributed by atoms with Crippen LogP contribution in [0.25, 0.3) is 0 Å². The quantitative estimate of drug-likeness (QED) is 0.877. The van der Waals surface area contributed by atoms with E-state index in [9.17, 15) is 0 Å². The van der Waals surface area contributed by atoms with Crippen LogP contribution in [0.2, 0.25) is 0 Å². The van der Waals surface area contributed by atoms with E-state index in [-0.39, 0.29) is 0 Å². The Morgan fingerprint density at radius 1 is 1.28 bits per heavy atom. The first-order valence-corrected chi connectivity index (χ1v) is 6.35. The number of nitrogens with one attached hydrogen (secondary N) is 1. The molecule has 0 saturated carbocycles. The second-order valence-corrected chi connectivity index (χ2v) is 4.46. The molecule has 0 aliphatic rings. The fourth-order valence-electron chi connectivity index (χ4n) is 2.29. The highest BCUT2D eigenvalue weighted by Crippen LogP contribution is 2.14. The van der Waals surface area contributed by atoms with Crippen LogP contribution in [0.3, 0.4) is 0 Å². The number of hydrogen-bond donors (Lipinski definition) is 1. The molecule has 4 heteroatoms. The van der Waals surface area contributed by atoms with Gasteiger partial charge in [-0.15, -0.1) is 0 Å². The van der Waals surface area contributed by atoms with Crippen molar-refractivity contribution < 1.29 is 0 Å². The number of nitrogens with zero attached hydrogens (tertiary/aromatic N) is 3. The second-order valence-electron chi connectivity index (χ2n) is 4.46. The first kappa shape index (κ1) is 12.8. The van der Waals surface area contributed by atoms with Crippen molar-refractivity contribution in [1.82, 2.24) is 20.1 Å². The van der Waals surface area contributed by atoms with Crippen molar-refractivity contribution in [3.05, 3.63) is 47.0 Å². The van der Waals surface area contributed by atoms with E-state index in [1.165, 1.54) is 17.0 Å². The molecule has 2 aromatic heterocycles. The zero-order valence-corrected chi connectivity index (χ0v) is 11.3. The predicted molar refractivity (Wildman–Crippen MR) is 72.2 cm³/mol. The van der Waals surface area contributed by atoms with Crippen LogP contribution in [0.1, 0.15) is 29.6 Å². The largest absolute Gasteiger partial charge is 0.349 e. The minimum absolute atomic E-state index is 0.754. The molecule has 0 saturated heterocycles. The van der Waals surface area contributed by atoms with E-state index < -0.39 is 0 Å². The summed E-state index contributed by atoms with van der Waals surface area (Å²) in [5.41, 5.74) is 5.01. The van der Waals surface area contributed by atoms with E-state index in [0.29, 0.717) is 0 Å². The molecule has 0 fully saturated rings. The molecule has 0 aromatic carbocycles. The van der Waals surface area contributed by atoms with Crippen LogP contribution in [0.5, 0.6) is 0 Å². The Kier molecular flexibility index (Phi) is 4.10. The predicted octanol–water partition coefficient (Wildman–Crippen LogP) is 2.20. The van der Waals surface area contributed by atoms with Crippen LogP contribution in [-0.2, 0) is 19.6 Å². The number of hydrogen-bond acceptors (Lipinski definition) is 3. The van der Waals surface area contributed by atoms with Crippen molar-refractivity contribution >= 4 is 0 Å². The van der Waals surface area contributed by atoms with Gasteiger partial charge < -0.3 is 9.88 Å². The summed E-state index contributed by atoms with van der Waals surface area (Å²) in [5.74, 6) is 0. The molecule has 0 unspecified atom stereocenters. The van der Waals surface area contributed by atoms with Crippen LogP contribution in [0, 0.1) is 13.8 Å². The lowest BCUT2D eigenvalue weighted by atomic mass is 10.2. The van der Waals surface area contributed by atoms with Crippen molar-refractivity contribution in [1.29, 1.82) is 0 Å². The smallest absolute Gasteiger partial charge is 0.0769 e. The first-order valence-electron chi connectivity index (χ1n) is 6.35. The Balaban J connectivity index is 1.95. The molecular formula is C14H20N4. The van der Waals surface area contributed by atoms with Gasteiger partial charge in [-0.3, -0.25) is 0 Å². The molecule has 2 rings (SSSR count). The maximum atomic E-state index is 4.05. The van der Waals surface area contributed by atoms with Crippen LogP contribution >= 0.6 is 0 Å². The molecule has 0 bridgehead atoms. The maximum Gasteiger partial charge on any atom is 0.0769 e. The van der Waals surface area contributed by atoms with Gasteiger partial charge >= 0.3 is 0 Å². The summed E-state index contributed by atoms with van der Waals surface area (Å²) < 4.78 is 2.33. The Bertz CT molecular complexity index is 502. The molecule has 2 heterocycles. The van der Waals surface area contributed by atoms with Gasteiger partial charge in [-0.1, -0.05) is 0 Å². The summed E-state index contributed by atoms with van der Waals surface area (Å²) in [5, 5.41) is 11.3. The van der Waals surface area contributed by atoms with Gasteiger partial charge in [0.05, 0.1) is 5.69 Å². The average molecular weight is 244 g/mol. The number of rotatable bonds is 5. The molecule has 0 spiro atoms. The van der Waals surface area contributed by atoms with Gasteiger partial charge in [-0.25, -0.2) is 0 Å². The van der Waals surface area contributed by atoms with Crippen LogP contribution in [0.15, 0.2) is 24.4 Å². The van der Waals surface area contributed by atoms with Gasteiger partial charge in [-0.05, 0) is 44.5 Å². The standard InChI is InChI=1S/C14H20N4/c1-4-18-11(2)8-13(12(18)3)9-15-10-14-6-5-7-16-17-14/h5-8,15H,4,9-10H2,1-3H3. The van der Waals surface area contributed by atoms with Crippen LogP contribution < -0.4 is 5.32 Å². The summed E-state index contributed by atoms with van der Waals surface area (Å²) in [6.45, 7) is 9.16. The van der Waals surface area contributed by atoms with E-state index in [1.54, 1.807) is 6.20 Å². The zero-order valence-electron chi connectivity index (χ0n) is 11.3. The van der Waals surface area contributed by atoms with Gasteiger partial charge in [0.1, 0.15) is 0 Å². The van der Waals surface area contributed by atoms with Crippen molar-refractivity contribution in [2.24, 2.45) is 0 Å². The molecule has 1 N–H and O–H groups in total. The van der Waals surface area contributed by atoms with Gasteiger partial charge in [0.25, 0.3) is 0 Å². The SMILES string of the molecule is CCn1c(C)cc(CNCc2cccnn2)c1C. The van der Waals surface area contributed by atoms with Gasteiger partial charge in [0.15, 0.2) is 0 Å². The Labute approximate surface area is 108 Å². The molecule has 4 nitrogen and oxygen atoms in total. The van der Waals surface area contributed by atoms with E-state index in [1.807, 2.05) is 12.1 Å². The summed E-state index contributed by atoms with van der Waals surface area (Å²) in [6, 6.07) is 6.14. The molecule has 0 aliphatic carbocycles. The van der Waals surface area contributed by atoms with Crippen molar-refractivity contribution in [2.45, 2.75) is 40.4 Å². The Hall–Kier alpha value is -1.68. The highest BCUT2D eigenvalue weighted by molar-refractivity contribution is 5.26. The van der Waals surface area contributed by atoms with Gasteiger partial charge in [-0.2, -0.15) is 10.2 Å². The van der Waals surface area contributed by atoms with Crippen molar-refractivity contribution in [3.8, 4) is 0 Å². The van der Waals surface area contributed by atoms with Gasteiger partial charge in [0.2, 0.25) is 0 Å².